The summed E-state index contributed by atoms with van der Waals surface area (Å²) in [5, 5.41) is 2.90. The lowest BCUT2D eigenvalue weighted by Crippen LogP contribution is -2.50. The van der Waals surface area contributed by atoms with Gasteiger partial charge in [-0.25, -0.2) is 4.79 Å². The summed E-state index contributed by atoms with van der Waals surface area (Å²) in [7, 11) is 1.53. The molecule has 1 aromatic rings. The summed E-state index contributed by atoms with van der Waals surface area (Å²) in [6.45, 7) is 5.20. The quantitative estimate of drug-likeness (QED) is 0.909. The number of hydrogen-bond acceptors (Lipinski definition) is 5. The zero-order valence-corrected chi connectivity index (χ0v) is 12.7. The summed E-state index contributed by atoms with van der Waals surface area (Å²) >= 11 is 0. The third-order valence-corrected chi connectivity index (χ3v) is 3.16. The molecule has 1 fully saturated rings. The number of aromatic nitrogens is 2. The van der Waals surface area contributed by atoms with Crippen LogP contribution in [0, 0.1) is 0 Å². The molecule has 1 aromatic heterocycles. The van der Waals surface area contributed by atoms with Gasteiger partial charge in [-0.3, -0.25) is 4.98 Å². The second-order valence-electron chi connectivity index (χ2n) is 5.33. The SMILES string of the molecule is COc1cncc(OC2CCCN(C(=O)NC(C)C)C2)n1. The van der Waals surface area contributed by atoms with E-state index in [0.717, 1.165) is 19.4 Å². The number of urea groups is 1. The molecule has 2 rings (SSSR count). The Labute approximate surface area is 124 Å². The fourth-order valence-corrected chi connectivity index (χ4v) is 2.21. The first-order valence-corrected chi connectivity index (χ1v) is 7.16. The van der Waals surface area contributed by atoms with E-state index in [9.17, 15) is 4.79 Å². The predicted molar refractivity (Wildman–Crippen MR) is 77.5 cm³/mol. The lowest BCUT2D eigenvalue weighted by Gasteiger charge is -2.33. The first kappa shape index (κ1) is 15.3. The van der Waals surface area contributed by atoms with Gasteiger partial charge >= 0.3 is 6.03 Å². The molecular formula is C14H22N4O3. The maximum absolute atomic E-state index is 12.0. The lowest BCUT2D eigenvalue weighted by atomic mass is 10.1. The van der Waals surface area contributed by atoms with E-state index in [2.05, 4.69) is 15.3 Å². The fraction of sp³-hybridized carbons (Fsp3) is 0.643. The van der Waals surface area contributed by atoms with Crippen molar-refractivity contribution < 1.29 is 14.3 Å². The standard InChI is InChI=1S/C14H22N4O3/c1-10(2)16-14(19)18-6-4-5-11(9-18)21-13-8-15-7-12(17-13)20-3/h7-8,10-11H,4-6,9H2,1-3H3,(H,16,19). The van der Waals surface area contributed by atoms with Gasteiger partial charge in [-0.05, 0) is 26.7 Å². The molecule has 1 saturated heterocycles. The van der Waals surface area contributed by atoms with Crippen molar-refractivity contribution in [3.63, 3.8) is 0 Å². The Kier molecular flexibility index (Phi) is 5.19. The Morgan fingerprint density at radius 1 is 1.43 bits per heavy atom. The summed E-state index contributed by atoms with van der Waals surface area (Å²) in [4.78, 5) is 22.0. The second-order valence-corrected chi connectivity index (χ2v) is 5.33. The van der Waals surface area contributed by atoms with Crippen LogP contribution in [-0.4, -0.2) is 53.2 Å². The minimum Gasteiger partial charge on any atom is -0.480 e. The van der Waals surface area contributed by atoms with E-state index in [1.807, 2.05) is 13.8 Å². The highest BCUT2D eigenvalue weighted by Gasteiger charge is 2.25. The number of amides is 2. The molecule has 1 unspecified atom stereocenters. The highest BCUT2D eigenvalue weighted by molar-refractivity contribution is 5.74. The van der Waals surface area contributed by atoms with Gasteiger partial charge in [0, 0.05) is 12.6 Å². The number of likely N-dealkylation sites (tertiary alicyclic amines) is 1. The van der Waals surface area contributed by atoms with E-state index in [4.69, 9.17) is 9.47 Å². The van der Waals surface area contributed by atoms with Gasteiger partial charge in [-0.15, -0.1) is 0 Å². The molecule has 7 heteroatoms. The average Bonchev–Trinajstić information content (AvgIpc) is 2.47. The van der Waals surface area contributed by atoms with Crippen LogP contribution in [0.25, 0.3) is 0 Å². The van der Waals surface area contributed by atoms with Crippen molar-refractivity contribution >= 4 is 6.03 Å². The Bertz CT molecular complexity index is 481. The van der Waals surface area contributed by atoms with Gasteiger partial charge in [-0.1, -0.05) is 0 Å². The zero-order valence-electron chi connectivity index (χ0n) is 12.7. The van der Waals surface area contributed by atoms with Crippen molar-refractivity contribution in [3.8, 4) is 11.8 Å². The van der Waals surface area contributed by atoms with E-state index in [1.54, 1.807) is 11.1 Å². The highest BCUT2D eigenvalue weighted by atomic mass is 16.5. The topological polar surface area (TPSA) is 76.6 Å². The van der Waals surface area contributed by atoms with E-state index >= 15 is 0 Å². The number of rotatable bonds is 4. The molecule has 0 spiro atoms. The van der Waals surface area contributed by atoms with Crippen LogP contribution in [0.2, 0.25) is 0 Å². The van der Waals surface area contributed by atoms with Gasteiger partial charge in [0.25, 0.3) is 0 Å². The van der Waals surface area contributed by atoms with Crippen molar-refractivity contribution in [1.82, 2.24) is 20.2 Å². The molecule has 1 aliphatic rings. The van der Waals surface area contributed by atoms with Gasteiger partial charge in [0.05, 0.1) is 26.0 Å². The summed E-state index contributed by atoms with van der Waals surface area (Å²) < 4.78 is 10.8. The molecule has 1 atom stereocenters. The second kappa shape index (κ2) is 7.10. The minimum absolute atomic E-state index is 0.0463. The molecule has 116 valence electrons. The number of methoxy groups -OCH3 is 1. The van der Waals surface area contributed by atoms with Crippen LogP contribution in [-0.2, 0) is 0 Å². The first-order valence-electron chi connectivity index (χ1n) is 7.16. The van der Waals surface area contributed by atoms with Crippen molar-refractivity contribution in [2.75, 3.05) is 20.2 Å². The predicted octanol–water partition coefficient (Wildman–Crippen LogP) is 1.45. The molecule has 0 saturated carbocycles. The summed E-state index contributed by atoms with van der Waals surface area (Å²) in [6.07, 6.45) is 4.81. The number of nitrogens with zero attached hydrogens (tertiary/aromatic N) is 3. The number of carbonyl (C=O) groups is 1. The van der Waals surface area contributed by atoms with E-state index < -0.39 is 0 Å². The Balaban J connectivity index is 1.93. The third kappa shape index (κ3) is 4.47. The van der Waals surface area contributed by atoms with Crippen LogP contribution < -0.4 is 14.8 Å². The number of nitrogens with one attached hydrogen (secondary N) is 1. The molecule has 1 N–H and O–H groups in total. The van der Waals surface area contributed by atoms with Gasteiger partial charge in [0.2, 0.25) is 11.8 Å². The molecule has 21 heavy (non-hydrogen) atoms. The third-order valence-electron chi connectivity index (χ3n) is 3.16. The summed E-state index contributed by atoms with van der Waals surface area (Å²) in [5.41, 5.74) is 0. The first-order chi connectivity index (χ1) is 10.1. The molecule has 0 aromatic carbocycles. The van der Waals surface area contributed by atoms with Crippen LogP contribution in [0.5, 0.6) is 11.8 Å². The Hall–Kier alpha value is -2.05. The molecule has 0 radical (unpaired) electrons. The van der Waals surface area contributed by atoms with Crippen molar-refractivity contribution in [3.05, 3.63) is 12.4 Å². The van der Waals surface area contributed by atoms with Crippen LogP contribution in [0.1, 0.15) is 26.7 Å². The Morgan fingerprint density at radius 2 is 2.19 bits per heavy atom. The maximum atomic E-state index is 12.0. The van der Waals surface area contributed by atoms with Crippen LogP contribution in [0.4, 0.5) is 4.79 Å². The fourth-order valence-electron chi connectivity index (χ4n) is 2.21. The van der Waals surface area contributed by atoms with Gasteiger partial charge in [-0.2, -0.15) is 4.98 Å². The largest absolute Gasteiger partial charge is 0.480 e. The molecule has 2 amide bonds. The van der Waals surface area contributed by atoms with E-state index in [1.165, 1.54) is 13.3 Å². The number of piperidine rings is 1. The van der Waals surface area contributed by atoms with E-state index in [-0.39, 0.29) is 18.2 Å². The van der Waals surface area contributed by atoms with Crippen molar-refractivity contribution in [1.29, 1.82) is 0 Å². The Morgan fingerprint density at radius 3 is 2.90 bits per heavy atom. The van der Waals surface area contributed by atoms with Crippen LogP contribution >= 0.6 is 0 Å². The van der Waals surface area contributed by atoms with E-state index in [0.29, 0.717) is 18.3 Å². The average molecular weight is 294 g/mol. The zero-order chi connectivity index (χ0) is 15.2. The van der Waals surface area contributed by atoms with Gasteiger partial charge in [0.15, 0.2) is 0 Å². The minimum atomic E-state index is -0.0712. The van der Waals surface area contributed by atoms with Crippen LogP contribution in [0.15, 0.2) is 12.4 Å². The number of carbonyl (C=O) groups excluding carboxylic acids is 1. The molecule has 0 bridgehead atoms. The number of hydrogen-bond donors (Lipinski definition) is 1. The molecule has 0 aliphatic carbocycles. The number of ether oxygens (including phenoxy) is 2. The summed E-state index contributed by atoms with van der Waals surface area (Å²) in [5.74, 6) is 0.836. The molecule has 2 heterocycles. The molecular weight excluding hydrogens is 272 g/mol. The van der Waals surface area contributed by atoms with Gasteiger partial charge in [0.1, 0.15) is 6.10 Å². The normalized spacial score (nSPS) is 18.5. The van der Waals surface area contributed by atoms with Crippen molar-refractivity contribution in [2.24, 2.45) is 0 Å². The molecule has 1 aliphatic heterocycles. The maximum Gasteiger partial charge on any atom is 0.317 e. The van der Waals surface area contributed by atoms with Gasteiger partial charge < -0.3 is 19.7 Å². The molecule has 7 nitrogen and oxygen atoms in total. The highest BCUT2D eigenvalue weighted by Crippen LogP contribution is 2.18. The smallest absolute Gasteiger partial charge is 0.317 e. The monoisotopic (exact) mass is 294 g/mol. The van der Waals surface area contributed by atoms with Crippen molar-refractivity contribution in [2.45, 2.75) is 38.8 Å². The lowest BCUT2D eigenvalue weighted by molar-refractivity contribution is 0.0962. The summed E-state index contributed by atoms with van der Waals surface area (Å²) in [6, 6.07) is 0.0815. The van der Waals surface area contributed by atoms with Crippen LogP contribution in [0.3, 0.4) is 0 Å².